The van der Waals surface area contributed by atoms with Crippen LogP contribution in [-0.4, -0.2) is 0 Å². The molecule has 0 unspecified atom stereocenters. The molecule has 0 aliphatic carbocycles. The number of benzene rings is 3. The molecule has 0 saturated heterocycles. The quantitative estimate of drug-likeness (QED) is 0.274. The van der Waals surface area contributed by atoms with Gasteiger partial charge in [-0.15, -0.1) is 0 Å². The molecule has 0 radical (unpaired) electrons. The summed E-state index contributed by atoms with van der Waals surface area (Å²) < 4.78 is 2.07. The van der Waals surface area contributed by atoms with Gasteiger partial charge >= 0.3 is 0 Å². The molecule has 0 aliphatic heterocycles. The molecule has 1 heteroatoms. The summed E-state index contributed by atoms with van der Waals surface area (Å²) in [5, 5.41) is 5.03. The molecule has 21 heavy (non-hydrogen) atoms. The van der Waals surface area contributed by atoms with Crippen LogP contribution < -0.4 is 4.57 Å². The van der Waals surface area contributed by atoms with E-state index in [1.54, 1.807) is 0 Å². The smallest absolute Gasteiger partial charge is 0.152 e. The fourth-order valence-corrected chi connectivity index (χ4v) is 2.81. The van der Waals surface area contributed by atoms with Crippen LogP contribution in [0.4, 0.5) is 0 Å². The maximum atomic E-state index is 3.34. The zero-order chi connectivity index (χ0) is 14.2. The highest BCUT2D eigenvalue weighted by Gasteiger charge is 2.03. The predicted octanol–water partition coefficient (Wildman–Crippen LogP) is 4.38. The Labute approximate surface area is 124 Å². The molecular formula is C20H15N. The lowest BCUT2D eigenvalue weighted by atomic mass is 10.0. The topological polar surface area (TPSA) is 3.88 Å². The molecule has 3 aromatic carbocycles. The number of nitrogens with zero attached hydrogens (tertiary/aromatic N) is 1. The molecule has 4 rings (SSSR count). The van der Waals surface area contributed by atoms with E-state index in [9.17, 15) is 0 Å². The highest BCUT2D eigenvalue weighted by atomic mass is 14.9. The summed E-state index contributed by atoms with van der Waals surface area (Å²) in [6.45, 7) is 2.11. The summed E-state index contributed by atoms with van der Waals surface area (Å²) in [5.74, 6) is 0. The molecule has 0 bridgehead atoms. The van der Waals surface area contributed by atoms with Crippen molar-refractivity contribution in [3.8, 4) is 5.69 Å². The standard InChI is InChI=1S/C20H15N/c1-15-5-4-7-18(13-15)21-12-11-17-10-9-16-6-2-3-8-19(16)20(17)14-21/h2-11,13-14H,1H3. The predicted molar refractivity (Wildman–Crippen MR) is 86.6 cm³/mol. The van der Waals surface area contributed by atoms with Gasteiger partial charge in [-0.3, -0.25) is 4.57 Å². The van der Waals surface area contributed by atoms with Crippen LogP contribution in [0, 0.1) is 13.1 Å². The van der Waals surface area contributed by atoms with E-state index >= 15 is 0 Å². The lowest BCUT2D eigenvalue weighted by Crippen LogP contribution is -2.29. The van der Waals surface area contributed by atoms with Gasteiger partial charge in [-0.1, -0.05) is 65.5 Å². The van der Waals surface area contributed by atoms with Crippen LogP contribution in [0.25, 0.3) is 27.2 Å². The summed E-state index contributed by atoms with van der Waals surface area (Å²) in [6.07, 6.45) is 5.51. The van der Waals surface area contributed by atoms with Crippen LogP contribution in [-0.2, 0) is 0 Å². The number of fused-ring (bicyclic) bond motifs is 3. The van der Waals surface area contributed by atoms with Gasteiger partial charge in [0, 0.05) is 0 Å². The minimum absolute atomic E-state index is 1.14. The van der Waals surface area contributed by atoms with Gasteiger partial charge < -0.3 is 0 Å². The van der Waals surface area contributed by atoms with Crippen LogP contribution in [0.5, 0.6) is 0 Å². The van der Waals surface area contributed by atoms with Crippen LogP contribution in [0.2, 0.25) is 0 Å². The molecule has 0 spiro atoms. The van der Waals surface area contributed by atoms with Crippen LogP contribution >= 0.6 is 0 Å². The van der Waals surface area contributed by atoms with Crippen molar-refractivity contribution in [3.05, 3.63) is 84.7 Å². The molecule has 1 nitrogen and oxygen atoms in total. The molecule has 0 saturated carbocycles. The highest BCUT2D eigenvalue weighted by molar-refractivity contribution is 6.06. The molecule has 0 amide bonds. The Morgan fingerprint density at radius 2 is 1.67 bits per heavy atom. The second-order valence-corrected chi connectivity index (χ2v) is 5.40. The number of aryl methyl sites for hydroxylation is 1. The Balaban J connectivity index is 2.02. The minimum atomic E-state index is 1.14. The van der Waals surface area contributed by atoms with E-state index in [4.69, 9.17) is 0 Å². The fourth-order valence-electron chi connectivity index (χ4n) is 2.81. The zero-order valence-corrected chi connectivity index (χ0v) is 11.9. The Kier molecular flexibility index (Phi) is 2.71. The van der Waals surface area contributed by atoms with E-state index < -0.39 is 0 Å². The number of hydrogen-bond acceptors (Lipinski definition) is 0. The monoisotopic (exact) mass is 269 g/mol. The SMILES string of the molecule is Cc1cccc(-[n+]2[c-]cc3ccc4ccccc4c3c2)c1. The van der Waals surface area contributed by atoms with E-state index in [-0.39, 0.29) is 0 Å². The minimum Gasteiger partial charge on any atom is -0.284 e. The lowest BCUT2D eigenvalue weighted by molar-refractivity contribution is -0.598. The first-order valence-electron chi connectivity index (χ1n) is 7.13. The third-order valence-electron chi connectivity index (χ3n) is 3.90. The van der Waals surface area contributed by atoms with Gasteiger partial charge in [-0.05, 0) is 35.2 Å². The van der Waals surface area contributed by atoms with Crippen molar-refractivity contribution in [2.75, 3.05) is 0 Å². The molecule has 0 aliphatic rings. The van der Waals surface area contributed by atoms with Gasteiger partial charge in [0.2, 0.25) is 0 Å². The van der Waals surface area contributed by atoms with Crippen molar-refractivity contribution in [2.45, 2.75) is 6.92 Å². The average Bonchev–Trinajstić information content (AvgIpc) is 2.54. The molecule has 1 heterocycles. The van der Waals surface area contributed by atoms with Crippen LogP contribution in [0.15, 0.2) is 72.9 Å². The van der Waals surface area contributed by atoms with Crippen molar-refractivity contribution in [1.82, 2.24) is 0 Å². The zero-order valence-electron chi connectivity index (χ0n) is 11.9. The highest BCUT2D eigenvalue weighted by Crippen LogP contribution is 2.23. The van der Waals surface area contributed by atoms with Gasteiger partial charge in [0.1, 0.15) is 5.69 Å². The van der Waals surface area contributed by atoms with Crippen LogP contribution in [0.3, 0.4) is 0 Å². The van der Waals surface area contributed by atoms with Crippen molar-refractivity contribution < 1.29 is 4.57 Å². The molecule has 0 N–H and O–H groups in total. The first kappa shape index (κ1) is 12.1. The van der Waals surface area contributed by atoms with Gasteiger partial charge in [-0.25, -0.2) is 0 Å². The normalized spacial score (nSPS) is 11.1. The van der Waals surface area contributed by atoms with Crippen molar-refractivity contribution in [2.24, 2.45) is 0 Å². The van der Waals surface area contributed by atoms with E-state index in [0.717, 1.165) is 5.69 Å². The third-order valence-corrected chi connectivity index (χ3v) is 3.90. The lowest BCUT2D eigenvalue weighted by Gasteiger charge is -2.09. The maximum Gasteiger partial charge on any atom is 0.152 e. The van der Waals surface area contributed by atoms with Crippen molar-refractivity contribution in [3.63, 3.8) is 0 Å². The Morgan fingerprint density at radius 3 is 2.57 bits per heavy atom. The van der Waals surface area contributed by atoms with Crippen LogP contribution in [0.1, 0.15) is 5.56 Å². The first-order chi connectivity index (χ1) is 10.3. The summed E-state index contributed by atoms with van der Waals surface area (Å²) in [6, 6.07) is 23.4. The molecule has 100 valence electrons. The number of hydrogen-bond donors (Lipinski definition) is 0. The largest absolute Gasteiger partial charge is 0.284 e. The first-order valence-corrected chi connectivity index (χ1v) is 7.13. The number of aromatic nitrogens is 1. The maximum absolute atomic E-state index is 3.34. The molecule has 0 fully saturated rings. The fraction of sp³-hybridized carbons (Fsp3) is 0.0500. The molecule has 0 atom stereocenters. The summed E-state index contributed by atoms with van der Waals surface area (Å²) in [4.78, 5) is 0. The Morgan fingerprint density at radius 1 is 0.810 bits per heavy atom. The van der Waals surface area contributed by atoms with E-state index in [2.05, 4.69) is 90.6 Å². The van der Waals surface area contributed by atoms with E-state index in [1.807, 2.05) is 0 Å². The van der Waals surface area contributed by atoms with E-state index in [0.29, 0.717) is 0 Å². The van der Waals surface area contributed by atoms with Gasteiger partial charge in [-0.2, -0.15) is 0 Å². The second-order valence-electron chi connectivity index (χ2n) is 5.40. The van der Waals surface area contributed by atoms with Gasteiger partial charge in [0.05, 0.1) is 6.20 Å². The molecule has 1 aromatic heterocycles. The van der Waals surface area contributed by atoms with Gasteiger partial charge in [0.15, 0.2) is 6.20 Å². The summed E-state index contributed by atoms with van der Waals surface area (Å²) in [7, 11) is 0. The molecule has 4 aromatic rings. The summed E-state index contributed by atoms with van der Waals surface area (Å²) in [5.41, 5.74) is 2.40. The molecular weight excluding hydrogens is 254 g/mol. The van der Waals surface area contributed by atoms with Crippen molar-refractivity contribution >= 4 is 21.5 Å². The Hall–Kier alpha value is -2.67. The average molecular weight is 269 g/mol. The number of pyridine rings is 1. The van der Waals surface area contributed by atoms with E-state index in [1.165, 1.54) is 27.1 Å². The summed E-state index contributed by atoms with van der Waals surface area (Å²) >= 11 is 0. The van der Waals surface area contributed by atoms with Gasteiger partial charge in [0.25, 0.3) is 0 Å². The third kappa shape index (κ3) is 2.07. The Bertz CT molecular complexity index is 954. The number of rotatable bonds is 1. The van der Waals surface area contributed by atoms with Crippen molar-refractivity contribution in [1.29, 1.82) is 0 Å². The second kappa shape index (κ2) is 4.71.